The van der Waals surface area contributed by atoms with E-state index in [2.05, 4.69) is 9.71 Å². The molecule has 0 radical (unpaired) electrons. The fourth-order valence-corrected chi connectivity index (χ4v) is 6.48. The van der Waals surface area contributed by atoms with Gasteiger partial charge >= 0.3 is 0 Å². The molecular weight excluding hydrogens is 478 g/mol. The third-order valence-electron chi connectivity index (χ3n) is 5.18. The predicted molar refractivity (Wildman–Crippen MR) is 130 cm³/mol. The van der Waals surface area contributed by atoms with E-state index in [1.807, 2.05) is 42.7 Å². The number of ether oxygens (including phenoxy) is 2. The second kappa shape index (κ2) is 9.30. The van der Waals surface area contributed by atoms with Gasteiger partial charge in [0.15, 0.2) is 11.5 Å². The number of rotatable bonds is 6. The monoisotopic (exact) mass is 499 g/mol. The lowest BCUT2D eigenvalue weighted by atomic mass is 10.1. The van der Waals surface area contributed by atoms with Crippen molar-refractivity contribution in [1.29, 1.82) is 0 Å². The molecule has 0 amide bonds. The number of nitrogens with zero attached hydrogens (tertiary/aromatic N) is 2. The van der Waals surface area contributed by atoms with E-state index in [0.717, 1.165) is 27.2 Å². The molecule has 33 heavy (non-hydrogen) atoms. The van der Waals surface area contributed by atoms with Crippen LogP contribution in [0.25, 0.3) is 10.3 Å². The molecule has 2 aromatic carbocycles. The van der Waals surface area contributed by atoms with Crippen molar-refractivity contribution in [2.75, 3.05) is 19.5 Å². The number of thiazole rings is 1. The molecule has 0 fully saturated rings. The lowest BCUT2D eigenvalue weighted by molar-refractivity contribution is 0.297. The first-order chi connectivity index (χ1) is 16.0. The predicted octanol–water partition coefficient (Wildman–Crippen LogP) is 4.64. The highest BCUT2D eigenvalue weighted by Crippen LogP contribution is 2.36. The Morgan fingerprint density at radius 3 is 2.70 bits per heavy atom. The Balaban J connectivity index is 1.57. The molecule has 170 valence electrons. The molecule has 0 aliphatic carbocycles. The number of nitrogens with one attached hydrogen (secondary N) is 1. The number of pyridine rings is 1. The smallest absolute Gasteiger partial charge is 0.241 e. The highest BCUT2D eigenvalue weighted by molar-refractivity contribution is 7.98. The maximum absolute atomic E-state index is 13.5. The van der Waals surface area contributed by atoms with Crippen molar-refractivity contribution in [2.24, 2.45) is 0 Å². The van der Waals surface area contributed by atoms with Crippen LogP contribution < -0.4 is 14.2 Å². The average molecular weight is 500 g/mol. The molecule has 0 spiro atoms. The second-order valence-corrected chi connectivity index (χ2v) is 10.9. The average Bonchev–Trinajstić information content (AvgIpc) is 3.12. The summed E-state index contributed by atoms with van der Waals surface area (Å²) in [5.74, 6) is 0.980. The highest BCUT2D eigenvalue weighted by Gasteiger charge is 2.28. The Bertz CT molecular complexity index is 1370. The zero-order valence-corrected chi connectivity index (χ0v) is 20.2. The van der Waals surface area contributed by atoms with Crippen molar-refractivity contribution in [3.8, 4) is 11.5 Å². The second-order valence-electron chi connectivity index (χ2n) is 7.34. The van der Waals surface area contributed by atoms with E-state index < -0.39 is 16.1 Å². The van der Waals surface area contributed by atoms with E-state index in [4.69, 9.17) is 14.5 Å². The van der Waals surface area contributed by atoms with Crippen LogP contribution in [0.2, 0.25) is 0 Å². The maximum atomic E-state index is 13.5. The van der Waals surface area contributed by atoms with Crippen molar-refractivity contribution in [3.05, 3.63) is 71.4 Å². The first-order valence-electron chi connectivity index (χ1n) is 10.3. The van der Waals surface area contributed by atoms with Crippen molar-refractivity contribution in [3.63, 3.8) is 0 Å². The molecule has 2 aromatic heterocycles. The molecule has 1 aliphatic heterocycles. The van der Waals surface area contributed by atoms with Crippen molar-refractivity contribution < 1.29 is 17.9 Å². The van der Waals surface area contributed by atoms with Gasteiger partial charge in [-0.3, -0.25) is 0 Å². The van der Waals surface area contributed by atoms with Gasteiger partial charge in [0.05, 0.1) is 24.2 Å². The number of hydrogen-bond acceptors (Lipinski definition) is 8. The van der Waals surface area contributed by atoms with Crippen LogP contribution in [0.4, 0.5) is 0 Å². The fourth-order valence-electron chi connectivity index (χ4n) is 3.60. The van der Waals surface area contributed by atoms with Crippen LogP contribution in [0.3, 0.4) is 0 Å². The largest absolute Gasteiger partial charge is 0.490 e. The van der Waals surface area contributed by atoms with Crippen molar-refractivity contribution in [2.45, 2.75) is 22.3 Å². The lowest BCUT2D eigenvalue weighted by Crippen LogP contribution is -2.29. The molecule has 1 aliphatic rings. The number of aromatic nitrogens is 2. The van der Waals surface area contributed by atoms with Crippen LogP contribution in [0.1, 0.15) is 23.0 Å². The number of hydrogen-bond donors (Lipinski definition) is 1. The summed E-state index contributed by atoms with van der Waals surface area (Å²) in [6.07, 6.45) is 4.42. The van der Waals surface area contributed by atoms with Gasteiger partial charge in [0.1, 0.15) is 15.4 Å². The van der Waals surface area contributed by atoms with E-state index in [1.165, 1.54) is 23.5 Å². The Morgan fingerprint density at radius 2 is 1.88 bits per heavy atom. The SMILES string of the molecule is CSc1ccccc1[C@H](NS(=O)(=O)c1ccc2c(c1)OCCCO2)c1nc2cccnc2s1. The van der Waals surface area contributed by atoms with Crippen molar-refractivity contribution >= 4 is 43.5 Å². The van der Waals surface area contributed by atoms with E-state index in [9.17, 15) is 8.42 Å². The van der Waals surface area contributed by atoms with Gasteiger partial charge in [-0.15, -0.1) is 11.8 Å². The minimum absolute atomic E-state index is 0.109. The summed E-state index contributed by atoms with van der Waals surface area (Å²) in [4.78, 5) is 10.9. The van der Waals surface area contributed by atoms with Crippen molar-refractivity contribution in [1.82, 2.24) is 14.7 Å². The molecule has 0 saturated heterocycles. The van der Waals surface area contributed by atoms with Crippen LogP contribution in [-0.4, -0.2) is 37.9 Å². The topological polar surface area (TPSA) is 90.4 Å². The summed E-state index contributed by atoms with van der Waals surface area (Å²) in [6, 6.07) is 15.4. The van der Waals surface area contributed by atoms with Gasteiger partial charge in [-0.25, -0.2) is 18.4 Å². The van der Waals surface area contributed by atoms with E-state index in [0.29, 0.717) is 29.7 Å². The number of thioether (sulfide) groups is 1. The molecule has 0 unspecified atom stereocenters. The minimum Gasteiger partial charge on any atom is -0.490 e. The molecule has 3 heterocycles. The van der Waals surface area contributed by atoms with Crippen LogP contribution in [0.15, 0.2) is 70.6 Å². The first kappa shape index (κ1) is 22.1. The minimum atomic E-state index is -3.91. The zero-order chi connectivity index (χ0) is 22.8. The quantitative estimate of drug-likeness (QED) is 0.387. The highest BCUT2D eigenvalue weighted by atomic mass is 32.2. The summed E-state index contributed by atoms with van der Waals surface area (Å²) in [7, 11) is -3.91. The summed E-state index contributed by atoms with van der Waals surface area (Å²) in [5.41, 5.74) is 1.57. The molecule has 0 saturated carbocycles. The molecule has 1 atom stereocenters. The van der Waals surface area contributed by atoms with Gasteiger partial charge in [-0.2, -0.15) is 4.72 Å². The third kappa shape index (κ3) is 4.56. The number of benzene rings is 2. The van der Waals surface area contributed by atoms with Gasteiger partial charge in [0.25, 0.3) is 0 Å². The Kier molecular flexibility index (Phi) is 6.24. The Labute approximate surface area is 200 Å². The number of fused-ring (bicyclic) bond motifs is 2. The lowest BCUT2D eigenvalue weighted by Gasteiger charge is -2.20. The molecule has 0 bridgehead atoms. The summed E-state index contributed by atoms with van der Waals surface area (Å²) in [5, 5.41) is 0.628. The van der Waals surface area contributed by atoms with Crippen LogP contribution in [0.5, 0.6) is 11.5 Å². The maximum Gasteiger partial charge on any atom is 0.241 e. The summed E-state index contributed by atoms with van der Waals surface area (Å²) < 4.78 is 41.3. The molecule has 4 aromatic rings. The Morgan fingerprint density at radius 1 is 1.06 bits per heavy atom. The van der Waals surface area contributed by atoms with E-state index in [1.54, 1.807) is 24.0 Å². The molecule has 1 N–H and O–H groups in total. The molecule has 7 nitrogen and oxygen atoms in total. The third-order valence-corrected chi connectivity index (χ3v) is 8.46. The van der Waals surface area contributed by atoms with Crippen LogP contribution >= 0.6 is 23.1 Å². The Hall–Kier alpha value is -2.66. The summed E-state index contributed by atoms with van der Waals surface area (Å²) in [6.45, 7) is 1.02. The zero-order valence-electron chi connectivity index (χ0n) is 17.7. The van der Waals surface area contributed by atoms with Gasteiger partial charge in [-0.05, 0) is 42.2 Å². The number of sulfonamides is 1. The normalized spacial score (nSPS) is 14.7. The molecule has 10 heteroatoms. The van der Waals surface area contributed by atoms with Gasteiger partial charge in [-0.1, -0.05) is 29.5 Å². The van der Waals surface area contributed by atoms with Gasteiger partial charge < -0.3 is 9.47 Å². The molecular formula is C23H21N3O4S3. The standard InChI is InChI=1S/C23H21N3O4S3/c1-31-20-8-3-2-6-16(20)21(23-25-17-7-4-11-24-22(17)32-23)26-33(27,28)15-9-10-18-19(14-15)30-13-5-12-29-18/h2-4,6-11,14,21,26H,5,12-13H2,1H3/t21-/m0/s1. The van der Waals surface area contributed by atoms with E-state index in [-0.39, 0.29) is 4.90 Å². The van der Waals surface area contributed by atoms with Crippen LogP contribution in [-0.2, 0) is 10.0 Å². The molecule has 5 rings (SSSR count). The first-order valence-corrected chi connectivity index (χ1v) is 13.8. The van der Waals surface area contributed by atoms with Crippen LogP contribution in [0, 0.1) is 0 Å². The fraction of sp³-hybridized carbons (Fsp3) is 0.217. The van der Waals surface area contributed by atoms with Gasteiger partial charge in [0, 0.05) is 23.6 Å². The van der Waals surface area contributed by atoms with E-state index >= 15 is 0 Å². The van der Waals surface area contributed by atoms with Gasteiger partial charge in [0.2, 0.25) is 10.0 Å². The summed E-state index contributed by atoms with van der Waals surface area (Å²) >= 11 is 2.94.